The van der Waals surface area contributed by atoms with Gasteiger partial charge in [-0.05, 0) is 37.3 Å². The number of carbonyl (C=O) groups is 2. The summed E-state index contributed by atoms with van der Waals surface area (Å²) in [4.78, 5) is 23.4. The molecule has 112 valence electrons. The highest BCUT2D eigenvalue weighted by Gasteiger charge is 2.07. The molecule has 0 unspecified atom stereocenters. The Morgan fingerprint density at radius 2 is 1.68 bits per heavy atom. The molecule has 2 rings (SSSR count). The summed E-state index contributed by atoms with van der Waals surface area (Å²) in [6, 6.07) is 12.2. The van der Waals surface area contributed by atoms with Crippen molar-refractivity contribution in [3.63, 3.8) is 0 Å². The first-order valence-corrected chi connectivity index (χ1v) is 6.78. The van der Waals surface area contributed by atoms with Crippen LogP contribution in [0.5, 0.6) is 5.75 Å². The molecule has 0 saturated heterocycles. The maximum absolute atomic E-state index is 12.1. The minimum Gasteiger partial charge on any atom is -0.496 e. The van der Waals surface area contributed by atoms with Gasteiger partial charge in [0.2, 0.25) is 5.91 Å². The molecule has 4 heteroatoms. The number of methoxy groups -OCH3 is 1. The fraction of sp³-hybridized carbons (Fsp3) is 0.111. The van der Waals surface area contributed by atoms with Crippen molar-refractivity contribution >= 4 is 17.8 Å². The third kappa shape index (κ3) is 3.61. The average Bonchev–Trinajstić information content (AvgIpc) is 2.52. The number of allylic oxidation sites excluding steroid dienone is 1. The van der Waals surface area contributed by atoms with Crippen LogP contribution in [0.2, 0.25) is 0 Å². The van der Waals surface area contributed by atoms with Crippen LogP contribution in [-0.2, 0) is 0 Å². The maximum Gasteiger partial charge on any atom is 0.248 e. The van der Waals surface area contributed by atoms with Gasteiger partial charge in [0.1, 0.15) is 5.75 Å². The summed E-state index contributed by atoms with van der Waals surface area (Å²) in [5.74, 6) is -0.0772. The number of benzene rings is 2. The van der Waals surface area contributed by atoms with Gasteiger partial charge in [0, 0.05) is 16.7 Å². The molecule has 0 fully saturated rings. The van der Waals surface area contributed by atoms with Crippen LogP contribution < -0.4 is 10.5 Å². The van der Waals surface area contributed by atoms with E-state index in [1.165, 1.54) is 13.2 Å². The van der Waals surface area contributed by atoms with E-state index in [2.05, 4.69) is 0 Å². The predicted octanol–water partition coefficient (Wildman–Crippen LogP) is 3.00. The first-order valence-electron chi connectivity index (χ1n) is 6.78. The number of primary amides is 1. The summed E-state index contributed by atoms with van der Waals surface area (Å²) in [5, 5.41) is 0. The quantitative estimate of drug-likeness (QED) is 0.681. The van der Waals surface area contributed by atoms with E-state index in [4.69, 9.17) is 10.5 Å². The van der Waals surface area contributed by atoms with E-state index in [0.717, 1.165) is 5.56 Å². The van der Waals surface area contributed by atoms with Gasteiger partial charge in [-0.3, -0.25) is 9.59 Å². The van der Waals surface area contributed by atoms with Crippen molar-refractivity contribution in [3.05, 3.63) is 70.8 Å². The normalized spacial score (nSPS) is 10.6. The lowest BCUT2D eigenvalue weighted by atomic mass is 10.1. The summed E-state index contributed by atoms with van der Waals surface area (Å²) in [6.45, 7) is 1.96. The van der Waals surface area contributed by atoms with Crippen molar-refractivity contribution in [3.8, 4) is 5.75 Å². The summed E-state index contributed by atoms with van der Waals surface area (Å²) in [5.41, 5.74) is 7.95. The molecular weight excluding hydrogens is 278 g/mol. The number of ether oxygens (including phenoxy) is 1. The van der Waals surface area contributed by atoms with Gasteiger partial charge in [-0.1, -0.05) is 29.8 Å². The molecule has 2 N–H and O–H groups in total. The smallest absolute Gasteiger partial charge is 0.248 e. The Labute approximate surface area is 129 Å². The van der Waals surface area contributed by atoms with Crippen LogP contribution >= 0.6 is 0 Å². The zero-order valence-electron chi connectivity index (χ0n) is 12.5. The Morgan fingerprint density at radius 1 is 1.05 bits per heavy atom. The van der Waals surface area contributed by atoms with Crippen LogP contribution in [0.3, 0.4) is 0 Å². The first kappa shape index (κ1) is 15.5. The van der Waals surface area contributed by atoms with E-state index >= 15 is 0 Å². The summed E-state index contributed by atoms with van der Waals surface area (Å²) < 4.78 is 5.22. The number of ketones is 1. The zero-order valence-corrected chi connectivity index (χ0v) is 12.5. The fourth-order valence-electron chi connectivity index (χ4n) is 2.00. The number of aryl methyl sites for hydroxylation is 1. The Hall–Kier alpha value is -2.88. The Bertz CT molecular complexity index is 730. The standard InChI is InChI=1S/C18H17NO3/c1-12-3-5-13(6-4-12)16(20)9-7-14-11-15(18(19)21)8-10-17(14)22-2/h3-11H,1-2H3,(H2,19,21). The Kier molecular flexibility index (Phi) is 4.73. The van der Waals surface area contributed by atoms with E-state index in [1.807, 2.05) is 19.1 Å². The highest BCUT2D eigenvalue weighted by atomic mass is 16.5. The van der Waals surface area contributed by atoms with Gasteiger partial charge in [-0.2, -0.15) is 0 Å². The third-order valence-electron chi connectivity index (χ3n) is 3.26. The molecule has 0 saturated carbocycles. The molecule has 1 amide bonds. The number of amides is 1. The summed E-state index contributed by atoms with van der Waals surface area (Å²) >= 11 is 0. The van der Waals surface area contributed by atoms with Crippen LogP contribution in [-0.4, -0.2) is 18.8 Å². The molecule has 22 heavy (non-hydrogen) atoms. The molecule has 0 spiro atoms. The SMILES string of the molecule is COc1ccc(C(N)=O)cc1C=CC(=O)c1ccc(C)cc1. The number of carbonyl (C=O) groups excluding carboxylic acids is 2. The minimum atomic E-state index is -0.526. The summed E-state index contributed by atoms with van der Waals surface area (Å²) in [6.07, 6.45) is 3.07. The molecule has 0 aliphatic carbocycles. The molecule has 0 bridgehead atoms. The number of rotatable bonds is 5. The van der Waals surface area contributed by atoms with E-state index in [9.17, 15) is 9.59 Å². The van der Waals surface area contributed by atoms with Crippen molar-refractivity contribution < 1.29 is 14.3 Å². The van der Waals surface area contributed by atoms with Crippen LogP contribution in [0.25, 0.3) is 6.08 Å². The monoisotopic (exact) mass is 295 g/mol. The summed E-state index contributed by atoms with van der Waals surface area (Å²) in [7, 11) is 1.53. The Morgan fingerprint density at radius 3 is 2.27 bits per heavy atom. The van der Waals surface area contributed by atoms with Crippen molar-refractivity contribution in [1.82, 2.24) is 0 Å². The van der Waals surface area contributed by atoms with Crippen molar-refractivity contribution in [2.24, 2.45) is 5.73 Å². The highest BCUT2D eigenvalue weighted by Crippen LogP contribution is 2.21. The maximum atomic E-state index is 12.1. The molecule has 0 heterocycles. The predicted molar refractivity (Wildman–Crippen MR) is 86.1 cm³/mol. The zero-order chi connectivity index (χ0) is 16.1. The van der Waals surface area contributed by atoms with Crippen molar-refractivity contribution in [1.29, 1.82) is 0 Å². The van der Waals surface area contributed by atoms with Gasteiger partial charge in [0.15, 0.2) is 5.78 Å². The van der Waals surface area contributed by atoms with Gasteiger partial charge < -0.3 is 10.5 Å². The van der Waals surface area contributed by atoms with Gasteiger partial charge in [0.05, 0.1) is 7.11 Å². The largest absolute Gasteiger partial charge is 0.496 e. The molecular formula is C18H17NO3. The second-order valence-corrected chi connectivity index (χ2v) is 4.88. The van der Waals surface area contributed by atoms with E-state index in [1.54, 1.807) is 36.4 Å². The second-order valence-electron chi connectivity index (χ2n) is 4.88. The molecule has 0 aliphatic rings. The van der Waals surface area contributed by atoms with E-state index in [0.29, 0.717) is 22.4 Å². The van der Waals surface area contributed by atoms with E-state index in [-0.39, 0.29) is 5.78 Å². The minimum absolute atomic E-state index is 0.119. The molecule has 0 atom stereocenters. The number of hydrogen-bond acceptors (Lipinski definition) is 3. The molecule has 0 radical (unpaired) electrons. The van der Waals surface area contributed by atoms with Crippen molar-refractivity contribution in [2.75, 3.05) is 7.11 Å². The molecule has 0 aliphatic heterocycles. The highest BCUT2D eigenvalue weighted by molar-refractivity contribution is 6.07. The van der Waals surface area contributed by atoms with Crippen LogP contribution in [0.15, 0.2) is 48.5 Å². The molecule has 2 aromatic carbocycles. The topological polar surface area (TPSA) is 69.4 Å². The van der Waals surface area contributed by atoms with Crippen LogP contribution in [0.4, 0.5) is 0 Å². The molecule has 2 aromatic rings. The lowest BCUT2D eigenvalue weighted by Gasteiger charge is -2.06. The molecule has 4 nitrogen and oxygen atoms in total. The van der Waals surface area contributed by atoms with Gasteiger partial charge in [-0.15, -0.1) is 0 Å². The van der Waals surface area contributed by atoms with Crippen molar-refractivity contribution in [2.45, 2.75) is 6.92 Å². The lowest BCUT2D eigenvalue weighted by molar-refractivity contribution is 0.0999. The number of nitrogens with two attached hydrogens (primary N) is 1. The first-order chi connectivity index (χ1) is 10.5. The van der Waals surface area contributed by atoms with Gasteiger partial charge >= 0.3 is 0 Å². The van der Waals surface area contributed by atoms with E-state index < -0.39 is 5.91 Å². The third-order valence-corrected chi connectivity index (χ3v) is 3.26. The average molecular weight is 295 g/mol. The van der Waals surface area contributed by atoms with Gasteiger partial charge in [0.25, 0.3) is 0 Å². The second kappa shape index (κ2) is 6.72. The fourth-order valence-corrected chi connectivity index (χ4v) is 2.00. The number of hydrogen-bond donors (Lipinski definition) is 1. The Balaban J connectivity index is 2.28. The lowest BCUT2D eigenvalue weighted by Crippen LogP contribution is -2.11. The van der Waals surface area contributed by atoms with Crippen LogP contribution in [0.1, 0.15) is 31.8 Å². The van der Waals surface area contributed by atoms with Crippen LogP contribution in [0, 0.1) is 6.92 Å². The molecule has 0 aromatic heterocycles. The van der Waals surface area contributed by atoms with Gasteiger partial charge in [-0.25, -0.2) is 0 Å².